The third kappa shape index (κ3) is 4.76. The Balaban J connectivity index is 2.31. The number of likely N-dealkylation sites (N-methyl/N-ethyl adjacent to an activating group) is 1. The van der Waals surface area contributed by atoms with Gasteiger partial charge in [-0.3, -0.25) is 4.99 Å². The Bertz CT molecular complexity index is 338. The van der Waals surface area contributed by atoms with Crippen LogP contribution in [0.4, 0.5) is 0 Å². The van der Waals surface area contributed by atoms with Crippen molar-refractivity contribution in [3.05, 3.63) is 30.3 Å². The van der Waals surface area contributed by atoms with Gasteiger partial charge in [-0.2, -0.15) is 0 Å². The molecule has 0 saturated carbocycles. The highest BCUT2D eigenvalue weighted by Gasteiger charge is 2.03. The average molecular weight is 235 g/mol. The van der Waals surface area contributed by atoms with Gasteiger partial charge in [0.15, 0.2) is 5.96 Å². The fraction of sp³-hybridized carbons (Fsp3) is 0.462. The van der Waals surface area contributed by atoms with Gasteiger partial charge in [0.1, 0.15) is 12.4 Å². The molecule has 0 aliphatic carbocycles. The van der Waals surface area contributed by atoms with Crippen molar-refractivity contribution in [2.45, 2.75) is 6.92 Å². The lowest BCUT2D eigenvalue weighted by Gasteiger charge is -2.21. The van der Waals surface area contributed by atoms with Gasteiger partial charge in [-0.1, -0.05) is 18.2 Å². The monoisotopic (exact) mass is 235 g/mol. The maximum Gasteiger partial charge on any atom is 0.193 e. The van der Waals surface area contributed by atoms with Crippen LogP contribution in [0.15, 0.2) is 35.3 Å². The van der Waals surface area contributed by atoms with Crippen molar-refractivity contribution < 1.29 is 4.74 Å². The molecule has 0 atom stereocenters. The van der Waals surface area contributed by atoms with Gasteiger partial charge in [-0.15, -0.1) is 0 Å². The Morgan fingerprint density at radius 1 is 1.35 bits per heavy atom. The van der Waals surface area contributed by atoms with E-state index in [-0.39, 0.29) is 0 Å². The van der Waals surface area contributed by atoms with Crippen molar-refractivity contribution in [1.29, 1.82) is 0 Å². The molecule has 4 nitrogen and oxygen atoms in total. The van der Waals surface area contributed by atoms with Crippen LogP contribution in [0, 0.1) is 0 Å². The minimum atomic E-state index is 0.644. The highest BCUT2D eigenvalue weighted by molar-refractivity contribution is 5.79. The van der Waals surface area contributed by atoms with E-state index in [0.29, 0.717) is 6.61 Å². The smallest absolute Gasteiger partial charge is 0.193 e. The zero-order valence-electron chi connectivity index (χ0n) is 10.8. The van der Waals surface area contributed by atoms with Gasteiger partial charge in [0.2, 0.25) is 0 Å². The molecule has 1 rings (SSSR count). The highest BCUT2D eigenvalue weighted by atomic mass is 16.5. The summed E-state index contributed by atoms with van der Waals surface area (Å²) in [5.41, 5.74) is 0. The van der Waals surface area contributed by atoms with Crippen molar-refractivity contribution in [3.63, 3.8) is 0 Å². The van der Waals surface area contributed by atoms with Gasteiger partial charge in [0, 0.05) is 20.6 Å². The van der Waals surface area contributed by atoms with E-state index in [1.807, 2.05) is 42.3 Å². The predicted octanol–water partition coefficient (Wildman–Crippen LogP) is 1.59. The van der Waals surface area contributed by atoms with Gasteiger partial charge in [0.25, 0.3) is 0 Å². The third-order valence-electron chi connectivity index (χ3n) is 2.35. The predicted molar refractivity (Wildman–Crippen MR) is 71.6 cm³/mol. The second kappa shape index (κ2) is 7.54. The molecule has 1 aromatic rings. The zero-order valence-corrected chi connectivity index (χ0v) is 10.8. The Labute approximate surface area is 103 Å². The minimum Gasteiger partial charge on any atom is -0.492 e. The van der Waals surface area contributed by atoms with Crippen molar-refractivity contribution >= 4 is 5.96 Å². The summed E-state index contributed by atoms with van der Waals surface area (Å²) in [4.78, 5) is 6.23. The number of hydrogen-bond donors (Lipinski definition) is 1. The van der Waals surface area contributed by atoms with Gasteiger partial charge < -0.3 is 15.0 Å². The largest absolute Gasteiger partial charge is 0.492 e. The number of benzene rings is 1. The Hall–Kier alpha value is -1.71. The molecule has 0 spiro atoms. The van der Waals surface area contributed by atoms with Crippen LogP contribution in [-0.2, 0) is 0 Å². The summed E-state index contributed by atoms with van der Waals surface area (Å²) in [6.45, 7) is 4.37. The second-order valence-electron chi connectivity index (χ2n) is 3.66. The van der Waals surface area contributed by atoms with E-state index in [1.165, 1.54) is 0 Å². The summed E-state index contributed by atoms with van der Waals surface area (Å²) < 4.78 is 5.63. The van der Waals surface area contributed by atoms with E-state index >= 15 is 0 Å². The summed E-state index contributed by atoms with van der Waals surface area (Å²) in [6.07, 6.45) is 0. The van der Waals surface area contributed by atoms with Crippen molar-refractivity contribution in [3.8, 4) is 5.75 Å². The van der Waals surface area contributed by atoms with Crippen molar-refractivity contribution in [2.75, 3.05) is 33.8 Å². The third-order valence-corrected chi connectivity index (χ3v) is 2.35. The standard InChI is InChI=1S/C13H21N3O/c1-4-15-13(14-2)16(3)10-11-17-12-8-6-5-7-9-12/h5-9H,4,10-11H2,1-3H3,(H,14,15). The molecule has 94 valence electrons. The lowest BCUT2D eigenvalue weighted by Crippen LogP contribution is -2.40. The van der Waals surface area contributed by atoms with Gasteiger partial charge >= 0.3 is 0 Å². The Morgan fingerprint density at radius 3 is 2.65 bits per heavy atom. The normalized spacial score (nSPS) is 11.1. The number of guanidine groups is 1. The summed E-state index contributed by atoms with van der Waals surface area (Å²) in [7, 11) is 3.78. The van der Waals surface area contributed by atoms with E-state index < -0.39 is 0 Å². The van der Waals surface area contributed by atoms with E-state index in [0.717, 1.165) is 24.8 Å². The molecule has 0 aliphatic rings. The first-order valence-electron chi connectivity index (χ1n) is 5.87. The van der Waals surface area contributed by atoms with Crippen LogP contribution in [0.1, 0.15) is 6.92 Å². The quantitative estimate of drug-likeness (QED) is 0.622. The molecular weight excluding hydrogens is 214 g/mol. The lowest BCUT2D eigenvalue weighted by atomic mass is 10.3. The second-order valence-corrected chi connectivity index (χ2v) is 3.66. The summed E-state index contributed by atoms with van der Waals surface area (Å²) in [6, 6.07) is 9.83. The summed E-state index contributed by atoms with van der Waals surface area (Å²) in [5.74, 6) is 1.79. The molecule has 0 fully saturated rings. The molecule has 0 radical (unpaired) electrons. The van der Waals surface area contributed by atoms with Crippen LogP contribution >= 0.6 is 0 Å². The molecule has 0 aromatic heterocycles. The topological polar surface area (TPSA) is 36.9 Å². The first-order valence-corrected chi connectivity index (χ1v) is 5.87. The maximum atomic E-state index is 5.63. The van der Waals surface area contributed by atoms with Gasteiger partial charge in [-0.05, 0) is 19.1 Å². The molecular formula is C13H21N3O. The lowest BCUT2D eigenvalue weighted by molar-refractivity contribution is 0.281. The first-order chi connectivity index (χ1) is 8.27. The Kier molecular flexibility index (Phi) is 5.93. The minimum absolute atomic E-state index is 0.644. The van der Waals surface area contributed by atoms with Crippen LogP contribution in [-0.4, -0.2) is 44.7 Å². The number of nitrogens with one attached hydrogen (secondary N) is 1. The molecule has 0 unspecified atom stereocenters. The molecule has 1 N–H and O–H groups in total. The van der Waals surface area contributed by atoms with Gasteiger partial charge in [0.05, 0.1) is 6.54 Å². The molecule has 0 bridgehead atoms. The fourth-order valence-electron chi connectivity index (χ4n) is 1.47. The first kappa shape index (κ1) is 13.4. The van der Waals surface area contributed by atoms with Crippen LogP contribution in [0.25, 0.3) is 0 Å². The molecule has 0 heterocycles. The number of nitrogens with zero attached hydrogens (tertiary/aromatic N) is 2. The zero-order chi connectivity index (χ0) is 12.5. The highest BCUT2D eigenvalue weighted by Crippen LogP contribution is 2.07. The van der Waals surface area contributed by atoms with E-state index in [1.54, 1.807) is 7.05 Å². The molecule has 0 saturated heterocycles. The number of rotatable bonds is 5. The van der Waals surface area contributed by atoms with Crippen molar-refractivity contribution in [2.24, 2.45) is 4.99 Å². The van der Waals surface area contributed by atoms with E-state index in [9.17, 15) is 0 Å². The summed E-state index contributed by atoms with van der Waals surface area (Å²) >= 11 is 0. The van der Waals surface area contributed by atoms with Crippen LogP contribution < -0.4 is 10.1 Å². The SMILES string of the molecule is CCNC(=NC)N(C)CCOc1ccccc1. The van der Waals surface area contributed by atoms with Gasteiger partial charge in [-0.25, -0.2) is 0 Å². The molecule has 17 heavy (non-hydrogen) atoms. The molecule has 1 aromatic carbocycles. The Morgan fingerprint density at radius 2 is 2.06 bits per heavy atom. The number of para-hydroxylation sites is 1. The summed E-state index contributed by atoms with van der Waals surface area (Å²) in [5, 5.41) is 3.20. The number of aliphatic imine (C=N–C) groups is 1. The van der Waals surface area contributed by atoms with Crippen LogP contribution in [0.5, 0.6) is 5.75 Å². The van der Waals surface area contributed by atoms with Crippen LogP contribution in [0.3, 0.4) is 0 Å². The molecule has 0 amide bonds. The van der Waals surface area contributed by atoms with E-state index in [2.05, 4.69) is 17.2 Å². The van der Waals surface area contributed by atoms with Crippen molar-refractivity contribution in [1.82, 2.24) is 10.2 Å². The number of hydrogen-bond acceptors (Lipinski definition) is 2. The molecule has 0 aliphatic heterocycles. The average Bonchev–Trinajstić information content (AvgIpc) is 2.37. The number of ether oxygens (including phenoxy) is 1. The molecule has 4 heteroatoms. The van der Waals surface area contributed by atoms with Crippen LogP contribution in [0.2, 0.25) is 0 Å². The van der Waals surface area contributed by atoms with E-state index in [4.69, 9.17) is 4.74 Å². The maximum absolute atomic E-state index is 5.63. The fourth-order valence-corrected chi connectivity index (χ4v) is 1.47.